The van der Waals surface area contributed by atoms with Crippen molar-refractivity contribution in [3.8, 4) is 0 Å². The summed E-state index contributed by atoms with van der Waals surface area (Å²) in [5.41, 5.74) is -1.33. The standard InChI is InChI=1S/C9H13FN2O.C8H11FN2O2/c1-6(13)8-7(10)5-12(11-8)9(2,3)4;1-8(2,3)11-4-5(9)6(10-11)7(12)13/h5H,1-4H3;4H,1-3H3,(H,12,13). The third-order valence-corrected chi connectivity index (χ3v) is 3.25. The fraction of sp³-hybridized carbons (Fsp3) is 0.529. The number of rotatable bonds is 2. The molecule has 144 valence electrons. The quantitative estimate of drug-likeness (QED) is 0.818. The number of nitrogens with zero attached hydrogens (tertiary/aromatic N) is 4. The van der Waals surface area contributed by atoms with Gasteiger partial charge >= 0.3 is 5.97 Å². The van der Waals surface area contributed by atoms with Gasteiger partial charge in [-0.05, 0) is 41.5 Å². The molecule has 0 bridgehead atoms. The van der Waals surface area contributed by atoms with Crippen molar-refractivity contribution in [3.05, 3.63) is 35.4 Å². The molecule has 0 atom stereocenters. The Balaban J connectivity index is 0.000000260. The van der Waals surface area contributed by atoms with E-state index in [1.54, 1.807) is 0 Å². The molecule has 2 heterocycles. The molecular weight excluding hydrogens is 346 g/mol. The molecule has 0 unspecified atom stereocenters. The normalized spacial score (nSPS) is 11.7. The Hall–Kier alpha value is -2.58. The predicted octanol–water partition coefficient (Wildman–Crippen LogP) is 3.46. The van der Waals surface area contributed by atoms with E-state index in [1.807, 2.05) is 41.5 Å². The van der Waals surface area contributed by atoms with E-state index in [9.17, 15) is 18.4 Å². The maximum absolute atomic E-state index is 13.1. The molecule has 0 saturated heterocycles. The second-order valence-corrected chi connectivity index (χ2v) is 7.74. The fourth-order valence-electron chi connectivity index (χ4n) is 1.78. The summed E-state index contributed by atoms with van der Waals surface area (Å²) in [5.74, 6) is -3.05. The molecule has 2 aromatic rings. The van der Waals surface area contributed by atoms with Crippen LogP contribution in [0.2, 0.25) is 0 Å². The maximum Gasteiger partial charge on any atom is 0.359 e. The second kappa shape index (κ2) is 7.35. The minimum absolute atomic E-state index is 0.0880. The van der Waals surface area contributed by atoms with Crippen LogP contribution >= 0.6 is 0 Å². The topological polar surface area (TPSA) is 90.0 Å². The van der Waals surface area contributed by atoms with Crippen molar-refractivity contribution < 1.29 is 23.5 Å². The van der Waals surface area contributed by atoms with E-state index in [0.717, 1.165) is 6.20 Å². The van der Waals surface area contributed by atoms with Crippen LogP contribution in [0.4, 0.5) is 8.78 Å². The molecule has 9 heteroatoms. The van der Waals surface area contributed by atoms with E-state index in [4.69, 9.17) is 5.11 Å². The van der Waals surface area contributed by atoms with Crippen LogP contribution in [-0.2, 0) is 11.1 Å². The number of aromatic nitrogens is 4. The highest BCUT2D eigenvalue weighted by atomic mass is 19.1. The van der Waals surface area contributed by atoms with Crippen molar-refractivity contribution in [2.24, 2.45) is 0 Å². The molecule has 0 amide bonds. The smallest absolute Gasteiger partial charge is 0.359 e. The molecule has 26 heavy (non-hydrogen) atoms. The first kappa shape index (κ1) is 21.5. The van der Waals surface area contributed by atoms with Crippen molar-refractivity contribution in [2.45, 2.75) is 59.5 Å². The lowest BCUT2D eigenvalue weighted by molar-refractivity contribution is 0.0683. The minimum atomic E-state index is -1.35. The number of halogens is 2. The summed E-state index contributed by atoms with van der Waals surface area (Å²) in [4.78, 5) is 21.3. The first-order chi connectivity index (χ1) is 11.6. The predicted molar refractivity (Wildman–Crippen MR) is 91.3 cm³/mol. The van der Waals surface area contributed by atoms with Crippen LogP contribution in [0.1, 0.15) is 69.4 Å². The zero-order chi connectivity index (χ0) is 20.4. The van der Waals surface area contributed by atoms with Gasteiger partial charge in [0.2, 0.25) is 5.69 Å². The molecule has 0 fully saturated rings. The highest BCUT2D eigenvalue weighted by Crippen LogP contribution is 2.16. The molecule has 2 aromatic heterocycles. The molecule has 0 aromatic carbocycles. The van der Waals surface area contributed by atoms with Gasteiger partial charge in [-0.25, -0.2) is 13.6 Å². The molecule has 0 spiro atoms. The number of hydrogen-bond acceptors (Lipinski definition) is 4. The van der Waals surface area contributed by atoms with Gasteiger partial charge in [-0.3, -0.25) is 14.2 Å². The lowest BCUT2D eigenvalue weighted by Crippen LogP contribution is -2.22. The van der Waals surface area contributed by atoms with Crippen LogP contribution in [0.15, 0.2) is 12.4 Å². The van der Waals surface area contributed by atoms with Crippen LogP contribution in [0.25, 0.3) is 0 Å². The van der Waals surface area contributed by atoms with Crippen LogP contribution in [0, 0.1) is 11.6 Å². The highest BCUT2D eigenvalue weighted by Gasteiger charge is 2.21. The summed E-state index contributed by atoms with van der Waals surface area (Å²) in [6.45, 7) is 12.4. The minimum Gasteiger partial charge on any atom is -0.476 e. The summed E-state index contributed by atoms with van der Waals surface area (Å²) >= 11 is 0. The number of ketones is 1. The van der Waals surface area contributed by atoms with Crippen molar-refractivity contribution in [2.75, 3.05) is 0 Å². The van der Waals surface area contributed by atoms with Gasteiger partial charge in [-0.15, -0.1) is 0 Å². The van der Waals surface area contributed by atoms with Gasteiger partial charge < -0.3 is 5.11 Å². The van der Waals surface area contributed by atoms with Crippen LogP contribution in [0.5, 0.6) is 0 Å². The molecule has 0 aliphatic carbocycles. The highest BCUT2D eigenvalue weighted by molar-refractivity contribution is 5.92. The fourth-order valence-corrected chi connectivity index (χ4v) is 1.78. The van der Waals surface area contributed by atoms with Crippen molar-refractivity contribution in [1.29, 1.82) is 0 Å². The molecule has 0 aliphatic heterocycles. The summed E-state index contributed by atoms with van der Waals surface area (Å²) in [6.07, 6.45) is 2.33. The van der Waals surface area contributed by atoms with Gasteiger partial charge in [0.05, 0.1) is 23.5 Å². The molecule has 0 aliphatic rings. The molecule has 0 saturated carbocycles. The molecule has 1 N–H and O–H groups in total. The summed E-state index contributed by atoms with van der Waals surface area (Å²) in [7, 11) is 0. The van der Waals surface area contributed by atoms with E-state index in [1.165, 1.54) is 22.5 Å². The van der Waals surface area contributed by atoms with E-state index < -0.39 is 28.8 Å². The Morgan fingerprint density at radius 1 is 0.885 bits per heavy atom. The van der Waals surface area contributed by atoms with Gasteiger partial charge in [0.15, 0.2) is 23.1 Å². The monoisotopic (exact) mass is 370 g/mol. The number of aromatic carboxylic acids is 1. The maximum atomic E-state index is 13.1. The van der Waals surface area contributed by atoms with Crippen molar-refractivity contribution >= 4 is 11.8 Å². The Morgan fingerprint density at radius 3 is 1.42 bits per heavy atom. The summed E-state index contributed by atoms with van der Waals surface area (Å²) in [6, 6.07) is 0. The number of hydrogen-bond donors (Lipinski definition) is 1. The van der Waals surface area contributed by atoms with Crippen LogP contribution < -0.4 is 0 Å². The Bertz CT molecular complexity index is 743. The Kier molecular flexibility index (Phi) is 6.06. The average Bonchev–Trinajstić information content (AvgIpc) is 3.01. The van der Waals surface area contributed by atoms with Crippen molar-refractivity contribution in [3.63, 3.8) is 0 Å². The molecule has 2 rings (SSSR count). The van der Waals surface area contributed by atoms with Crippen molar-refractivity contribution in [1.82, 2.24) is 19.6 Å². The van der Waals surface area contributed by atoms with Crippen LogP contribution in [0.3, 0.4) is 0 Å². The molecule has 7 nitrogen and oxygen atoms in total. The van der Waals surface area contributed by atoms with E-state index in [2.05, 4.69) is 10.2 Å². The summed E-state index contributed by atoms with van der Waals surface area (Å²) < 4.78 is 28.8. The number of carboxylic acid groups (broad SMARTS) is 1. The van der Waals surface area contributed by atoms with Gasteiger partial charge in [-0.2, -0.15) is 10.2 Å². The zero-order valence-electron chi connectivity index (χ0n) is 16.0. The first-order valence-corrected chi connectivity index (χ1v) is 7.90. The third kappa shape index (κ3) is 5.21. The third-order valence-electron chi connectivity index (χ3n) is 3.25. The average molecular weight is 370 g/mol. The second-order valence-electron chi connectivity index (χ2n) is 7.74. The number of carbonyl (C=O) groups excluding carboxylic acids is 1. The Labute approximate surface area is 150 Å². The van der Waals surface area contributed by atoms with Gasteiger partial charge in [-0.1, -0.05) is 0 Å². The van der Waals surface area contributed by atoms with Crippen LogP contribution in [-0.4, -0.2) is 36.4 Å². The van der Waals surface area contributed by atoms with E-state index in [-0.39, 0.29) is 17.0 Å². The van der Waals surface area contributed by atoms with Gasteiger partial charge in [0.25, 0.3) is 0 Å². The zero-order valence-corrected chi connectivity index (χ0v) is 16.0. The number of carboxylic acids is 1. The summed E-state index contributed by atoms with van der Waals surface area (Å²) in [5, 5.41) is 16.0. The largest absolute Gasteiger partial charge is 0.476 e. The molecule has 0 radical (unpaired) electrons. The lowest BCUT2D eigenvalue weighted by Gasteiger charge is -2.18. The SMILES string of the molecule is CC(=O)c1nn(C(C)(C)C)cc1F.CC(C)(C)n1cc(F)c(C(=O)O)n1. The lowest BCUT2D eigenvalue weighted by atomic mass is 10.1. The van der Waals surface area contributed by atoms with Gasteiger partial charge in [0, 0.05) is 6.92 Å². The van der Waals surface area contributed by atoms with Gasteiger partial charge in [0.1, 0.15) is 0 Å². The van der Waals surface area contributed by atoms with E-state index >= 15 is 0 Å². The molecular formula is C17H24F2N4O3. The van der Waals surface area contributed by atoms with E-state index in [0.29, 0.717) is 0 Å². The first-order valence-electron chi connectivity index (χ1n) is 7.90. The Morgan fingerprint density at radius 2 is 1.23 bits per heavy atom. The number of Topliss-reactive ketones (excluding diaryl/α,β-unsaturated/α-hetero) is 1. The number of carbonyl (C=O) groups is 2.